The molecule has 6 rings (SSSR count). The average molecular weight is 597 g/mol. The SMILES string of the molecule is C=C/C=C1/OCCOc2cccc(P(c3ccccc3)c3ccccc3)c2/C1=C(/C)P(c1ccccc1)c1ccccc1. The summed E-state index contributed by atoms with van der Waals surface area (Å²) in [6, 6.07) is 49.9. The van der Waals surface area contributed by atoms with Crippen molar-refractivity contribution < 1.29 is 9.47 Å². The number of rotatable bonds is 7. The third-order valence-corrected chi connectivity index (χ3v) is 12.4. The maximum Gasteiger partial charge on any atom is 0.128 e. The quantitative estimate of drug-likeness (QED) is 0.179. The first-order valence-electron chi connectivity index (χ1n) is 14.5. The molecule has 0 aromatic heterocycles. The first-order chi connectivity index (χ1) is 21.3. The van der Waals surface area contributed by atoms with Crippen LogP contribution in [0.3, 0.4) is 0 Å². The zero-order chi connectivity index (χ0) is 29.4. The van der Waals surface area contributed by atoms with Gasteiger partial charge in [-0.25, -0.2) is 0 Å². The van der Waals surface area contributed by atoms with Crippen LogP contribution < -0.4 is 31.3 Å². The molecule has 0 saturated heterocycles. The van der Waals surface area contributed by atoms with Gasteiger partial charge in [-0.05, 0) is 66.7 Å². The van der Waals surface area contributed by atoms with Crippen molar-refractivity contribution in [2.45, 2.75) is 6.92 Å². The zero-order valence-electron chi connectivity index (χ0n) is 24.3. The predicted molar refractivity (Wildman–Crippen MR) is 187 cm³/mol. The second-order valence-electron chi connectivity index (χ2n) is 10.1. The van der Waals surface area contributed by atoms with Crippen molar-refractivity contribution >= 4 is 47.9 Å². The Bertz CT molecular complexity index is 1650. The second kappa shape index (κ2) is 13.8. The van der Waals surface area contributed by atoms with E-state index in [0.29, 0.717) is 13.2 Å². The summed E-state index contributed by atoms with van der Waals surface area (Å²) < 4.78 is 13.0. The molecule has 0 aliphatic carbocycles. The van der Waals surface area contributed by atoms with E-state index in [4.69, 9.17) is 9.47 Å². The number of hydrogen-bond donors (Lipinski definition) is 0. The number of allylic oxidation sites excluding steroid dienone is 4. The van der Waals surface area contributed by atoms with Crippen molar-refractivity contribution in [3.05, 3.63) is 175 Å². The fourth-order valence-corrected chi connectivity index (χ4v) is 10.5. The third-order valence-electron chi connectivity index (χ3n) is 7.36. The summed E-state index contributed by atoms with van der Waals surface area (Å²) in [5.74, 6) is 1.72. The Morgan fingerprint density at radius 3 is 1.60 bits per heavy atom. The van der Waals surface area contributed by atoms with Crippen molar-refractivity contribution in [3.63, 3.8) is 0 Å². The molecule has 0 atom stereocenters. The number of ether oxygens (including phenoxy) is 2. The van der Waals surface area contributed by atoms with Crippen LogP contribution in [0.5, 0.6) is 5.75 Å². The topological polar surface area (TPSA) is 18.5 Å². The van der Waals surface area contributed by atoms with Gasteiger partial charge >= 0.3 is 0 Å². The van der Waals surface area contributed by atoms with Crippen molar-refractivity contribution in [3.8, 4) is 5.75 Å². The average Bonchev–Trinajstić information content (AvgIpc) is 3.05. The van der Waals surface area contributed by atoms with E-state index < -0.39 is 15.8 Å². The molecule has 2 nitrogen and oxygen atoms in total. The maximum atomic E-state index is 6.51. The monoisotopic (exact) mass is 596 g/mol. The van der Waals surface area contributed by atoms with E-state index in [-0.39, 0.29) is 0 Å². The van der Waals surface area contributed by atoms with E-state index in [1.54, 1.807) is 0 Å². The highest BCUT2D eigenvalue weighted by Crippen LogP contribution is 2.51. The molecule has 5 aromatic carbocycles. The fraction of sp³-hybridized carbons (Fsp3) is 0.0769. The predicted octanol–water partition coefficient (Wildman–Crippen LogP) is 7.79. The molecule has 1 aliphatic rings. The van der Waals surface area contributed by atoms with Gasteiger partial charge in [0.05, 0.1) is 0 Å². The van der Waals surface area contributed by atoms with Gasteiger partial charge < -0.3 is 9.47 Å². The highest BCUT2D eigenvalue weighted by molar-refractivity contribution is 7.80. The van der Waals surface area contributed by atoms with Crippen LogP contribution in [0.1, 0.15) is 12.5 Å². The Morgan fingerprint density at radius 1 is 0.605 bits per heavy atom. The summed E-state index contributed by atoms with van der Waals surface area (Å²) in [6.07, 6.45) is 3.85. The Morgan fingerprint density at radius 2 is 1.09 bits per heavy atom. The number of benzene rings is 5. The lowest BCUT2D eigenvalue weighted by molar-refractivity contribution is 0.161. The Kier molecular flexibility index (Phi) is 9.29. The largest absolute Gasteiger partial charge is 0.489 e. The van der Waals surface area contributed by atoms with Gasteiger partial charge in [-0.1, -0.05) is 146 Å². The molecule has 0 saturated carbocycles. The highest BCUT2D eigenvalue weighted by atomic mass is 31.1. The van der Waals surface area contributed by atoms with E-state index in [0.717, 1.165) is 22.6 Å². The van der Waals surface area contributed by atoms with Gasteiger partial charge in [0.1, 0.15) is 24.7 Å². The Hall–Kier alpha value is -4.22. The minimum absolute atomic E-state index is 0.459. The molecule has 0 amide bonds. The lowest BCUT2D eigenvalue weighted by Gasteiger charge is -2.31. The van der Waals surface area contributed by atoms with Crippen LogP contribution in [0.25, 0.3) is 5.57 Å². The van der Waals surface area contributed by atoms with E-state index in [9.17, 15) is 0 Å². The molecule has 0 unspecified atom stereocenters. The molecule has 1 aliphatic heterocycles. The van der Waals surface area contributed by atoms with Gasteiger partial charge in [0, 0.05) is 11.1 Å². The minimum atomic E-state index is -0.904. The van der Waals surface area contributed by atoms with E-state index in [1.165, 1.54) is 31.8 Å². The van der Waals surface area contributed by atoms with Gasteiger partial charge in [0.15, 0.2) is 0 Å². The zero-order valence-corrected chi connectivity index (χ0v) is 26.1. The molecule has 1 heterocycles. The molecular weight excluding hydrogens is 562 g/mol. The lowest BCUT2D eigenvalue weighted by atomic mass is 10.0. The molecule has 0 spiro atoms. The van der Waals surface area contributed by atoms with Crippen LogP contribution in [0.2, 0.25) is 0 Å². The number of fused-ring (bicyclic) bond motifs is 1. The third kappa shape index (κ3) is 6.28. The van der Waals surface area contributed by atoms with Gasteiger partial charge in [-0.15, -0.1) is 0 Å². The van der Waals surface area contributed by atoms with Gasteiger partial charge in [0.2, 0.25) is 0 Å². The number of hydrogen-bond acceptors (Lipinski definition) is 2. The summed E-state index contributed by atoms with van der Waals surface area (Å²) in [4.78, 5) is 0. The van der Waals surface area contributed by atoms with Gasteiger partial charge in [0.25, 0.3) is 0 Å². The summed E-state index contributed by atoms with van der Waals surface area (Å²) in [5.41, 5.74) is 2.19. The minimum Gasteiger partial charge on any atom is -0.489 e. The first kappa shape index (κ1) is 28.9. The van der Waals surface area contributed by atoms with Crippen LogP contribution in [0.4, 0.5) is 0 Å². The molecule has 0 radical (unpaired) electrons. The van der Waals surface area contributed by atoms with E-state index in [2.05, 4.69) is 153 Å². The molecule has 5 aromatic rings. The van der Waals surface area contributed by atoms with Crippen molar-refractivity contribution in [1.29, 1.82) is 0 Å². The first-order valence-corrected chi connectivity index (χ1v) is 17.2. The van der Waals surface area contributed by atoms with Crippen molar-refractivity contribution in [2.24, 2.45) is 0 Å². The van der Waals surface area contributed by atoms with Crippen molar-refractivity contribution in [2.75, 3.05) is 13.2 Å². The standard InChI is InChI=1S/C39H34O2P2/c1-3-17-35-38(30(2)42(31-18-8-4-9-19-31)32-20-10-5-11-21-32)39-36(41-29-28-40-35)26-16-27-37(39)43(33-22-12-6-13-23-33)34-24-14-7-15-25-34/h3-27H,1,28-29H2,2H3/b35-17+,38-30-. The molecule has 0 N–H and O–H groups in total. The van der Waals surface area contributed by atoms with Crippen LogP contribution in [-0.2, 0) is 4.74 Å². The van der Waals surface area contributed by atoms with Gasteiger partial charge in [-0.2, -0.15) is 0 Å². The Balaban J connectivity index is 1.70. The molecular formula is C39H34O2P2. The van der Waals surface area contributed by atoms with Crippen LogP contribution in [0.15, 0.2) is 169 Å². The van der Waals surface area contributed by atoms with Crippen LogP contribution in [0, 0.1) is 0 Å². The smallest absolute Gasteiger partial charge is 0.128 e. The van der Waals surface area contributed by atoms with Crippen molar-refractivity contribution in [1.82, 2.24) is 0 Å². The summed E-state index contributed by atoms with van der Waals surface area (Å²) >= 11 is 0. The summed E-state index contributed by atoms with van der Waals surface area (Å²) in [7, 11) is -1.79. The highest BCUT2D eigenvalue weighted by Gasteiger charge is 2.30. The molecule has 212 valence electrons. The normalized spacial score (nSPS) is 15.2. The molecule has 0 fully saturated rings. The Labute approximate surface area is 257 Å². The fourth-order valence-electron chi connectivity index (χ4n) is 5.56. The van der Waals surface area contributed by atoms with E-state index in [1.807, 2.05) is 12.2 Å². The maximum absolute atomic E-state index is 6.51. The van der Waals surface area contributed by atoms with Gasteiger partial charge in [-0.3, -0.25) is 0 Å². The molecule has 4 heteroatoms. The molecule has 0 bridgehead atoms. The summed E-state index contributed by atoms with van der Waals surface area (Å²) in [6.45, 7) is 7.28. The lowest BCUT2D eigenvalue weighted by Crippen LogP contribution is -2.26. The molecule has 43 heavy (non-hydrogen) atoms. The van der Waals surface area contributed by atoms with E-state index >= 15 is 0 Å². The second-order valence-corrected chi connectivity index (χ2v) is 14.6. The van der Waals surface area contributed by atoms with Crippen LogP contribution in [-0.4, -0.2) is 13.2 Å². The summed E-state index contributed by atoms with van der Waals surface area (Å²) in [5, 5.41) is 7.68. The van der Waals surface area contributed by atoms with Crippen LogP contribution >= 0.6 is 15.8 Å².